The summed E-state index contributed by atoms with van der Waals surface area (Å²) in [5.74, 6) is -0.406. The molecule has 0 atom stereocenters. The first-order chi connectivity index (χ1) is 5.70. The molecule has 2 heteroatoms. The van der Waals surface area contributed by atoms with Gasteiger partial charge in [0.15, 0.2) is 0 Å². The number of carbonyl (C=O) groups excluding carboxylic acids is 1. The van der Waals surface area contributed by atoms with E-state index in [0.717, 1.165) is 11.1 Å². The highest BCUT2D eigenvalue weighted by molar-refractivity contribution is 5.93. The van der Waals surface area contributed by atoms with Crippen LogP contribution in [0.25, 0.3) is 5.57 Å². The Morgan fingerprint density at radius 2 is 1.92 bits per heavy atom. The first-order valence-corrected chi connectivity index (χ1v) is 3.73. The third-order valence-electron chi connectivity index (χ3n) is 1.59. The SMILES string of the molecule is C/C(=C\C(N)=O)c1ccccc1. The molecular formula is C10H11NO. The quantitative estimate of drug-likeness (QED) is 0.657. The van der Waals surface area contributed by atoms with Crippen LogP contribution in [-0.4, -0.2) is 5.91 Å². The third kappa shape index (κ3) is 2.23. The van der Waals surface area contributed by atoms with Crippen LogP contribution in [0.2, 0.25) is 0 Å². The normalized spacial score (nSPS) is 11.2. The number of nitrogens with two attached hydrogens (primary N) is 1. The molecule has 1 aromatic rings. The molecule has 0 aliphatic rings. The highest BCUT2D eigenvalue weighted by Crippen LogP contribution is 2.11. The minimum atomic E-state index is -0.406. The average molecular weight is 161 g/mol. The summed E-state index contributed by atoms with van der Waals surface area (Å²) in [4.78, 5) is 10.5. The summed E-state index contributed by atoms with van der Waals surface area (Å²) in [7, 11) is 0. The van der Waals surface area contributed by atoms with Crippen molar-refractivity contribution in [3.05, 3.63) is 42.0 Å². The number of allylic oxidation sites excluding steroid dienone is 1. The zero-order chi connectivity index (χ0) is 8.97. The lowest BCUT2D eigenvalue weighted by atomic mass is 10.1. The summed E-state index contributed by atoms with van der Waals surface area (Å²) >= 11 is 0. The van der Waals surface area contributed by atoms with E-state index in [1.807, 2.05) is 37.3 Å². The zero-order valence-electron chi connectivity index (χ0n) is 6.95. The van der Waals surface area contributed by atoms with Gasteiger partial charge >= 0.3 is 0 Å². The van der Waals surface area contributed by atoms with Crippen LogP contribution in [0, 0.1) is 0 Å². The summed E-state index contributed by atoms with van der Waals surface area (Å²) in [6.07, 6.45) is 1.43. The second-order valence-electron chi connectivity index (χ2n) is 2.60. The molecule has 0 fully saturated rings. The lowest BCUT2D eigenvalue weighted by Gasteiger charge is -1.98. The third-order valence-corrected chi connectivity index (χ3v) is 1.59. The molecular weight excluding hydrogens is 150 g/mol. The fraction of sp³-hybridized carbons (Fsp3) is 0.100. The van der Waals surface area contributed by atoms with Crippen molar-refractivity contribution >= 4 is 11.5 Å². The van der Waals surface area contributed by atoms with Crippen LogP contribution in [-0.2, 0) is 4.79 Å². The van der Waals surface area contributed by atoms with E-state index in [-0.39, 0.29) is 0 Å². The maximum absolute atomic E-state index is 10.5. The molecule has 1 amide bonds. The maximum atomic E-state index is 10.5. The standard InChI is InChI=1S/C10H11NO/c1-8(7-10(11)12)9-5-3-2-4-6-9/h2-7H,1H3,(H2,11,12)/b8-7+. The minimum Gasteiger partial charge on any atom is -0.366 e. The van der Waals surface area contributed by atoms with Gasteiger partial charge in [0.2, 0.25) is 5.91 Å². The smallest absolute Gasteiger partial charge is 0.241 e. The molecule has 0 aliphatic carbocycles. The fourth-order valence-electron chi connectivity index (χ4n) is 0.998. The molecule has 2 N–H and O–H groups in total. The van der Waals surface area contributed by atoms with E-state index in [9.17, 15) is 4.79 Å². The fourth-order valence-corrected chi connectivity index (χ4v) is 0.998. The van der Waals surface area contributed by atoms with Crippen molar-refractivity contribution in [3.8, 4) is 0 Å². The van der Waals surface area contributed by atoms with Gasteiger partial charge in [0, 0.05) is 6.08 Å². The van der Waals surface area contributed by atoms with Crippen LogP contribution in [0.1, 0.15) is 12.5 Å². The van der Waals surface area contributed by atoms with E-state index in [2.05, 4.69) is 0 Å². The molecule has 1 aromatic carbocycles. The van der Waals surface area contributed by atoms with Gasteiger partial charge in [-0.2, -0.15) is 0 Å². The van der Waals surface area contributed by atoms with Crippen LogP contribution in [0.3, 0.4) is 0 Å². The van der Waals surface area contributed by atoms with Crippen molar-refractivity contribution in [2.24, 2.45) is 5.73 Å². The predicted octanol–water partition coefficient (Wildman–Crippen LogP) is 1.58. The van der Waals surface area contributed by atoms with Gasteiger partial charge < -0.3 is 5.73 Å². The summed E-state index contributed by atoms with van der Waals surface area (Å²) in [5, 5.41) is 0. The molecule has 0 bridgehead atoms. The van der Waals surface area contributed by atoms with Crippen molar-refractivity contribution < 1.29 is 4.79 Å². The predicted molar refractivity (Wildman–Crippen MR) is 49.3 cm³/mol. The minimum absolute atomic E-state index is 0.406. The number of benzene rings is 1. The Morgan fingerprint density at radius 3 is 2.42 bits per heavy atom. The molecule has 0 unspecified atom stereocenters. The van der Waals surface area contributed by atoms with E-state index in [1.165, 1.54) is 6.08 Å². The number of primary amides is 1. The molecule has 0 aromatic heterocycles. The molecule has 1 rings (SSSR count). The van der Waals surface area contributed by atoms with Gasteiger partial charge in [-0.3, -0.25) is 4.79 Å². The maximum Gasteiger partial charge on any atom is 0.241 e. The van der Waals surface area contributed by atoms with Crippen LogP contribution >= 0.6 is 0 Å². The lowest BCUT2D eigenvalue weighted by molar-refractivity contribution is -0.113. The first-order valence-electron chi connectivity index (χ1n) is 3.73. The monoisotopic (exact) mass is 161 g/mol. The zero-order valence-corrected chi connectivity index (χ0v) is 6.95. The number of hydrogen-bond donors (Lipinski definition) is 1. The van der Waals surface area contributed by atoms with E-state index in [4.69, 9.17) is 5.73 Å². The Balaban J connectivity index is 2.93. The second kappa shape index (κ2) is 3.72. The van der Waals surface area contributed by atoms with Gasteiger partial charge in [-0.1, -0.05) is 30.3 Å². The van der Waals surface area contributed by atoms with Crippen molar-refractivity contribution in [2.45, 2.75) is 6.92 Å². The van der Waals surface area contributed by atoms with Crippen LogP contribution < -0.4 is 5.73 Å². The Hall–Kier alpha value is -1.57. The average Bonchev–Trinajstić information content (AvgIpc) is 2.05. The molecule has 0 saturated carbocycles. The molecule has 0 heterocycles. The lowest BCUT2D eigenvalue weighted by Crippen LogP contribution is -2.06. The van der Waals surface area contributed by atoms with Crippen LogP contribution in [0.15, 0.2) is 36.4 Å². The van der Waals surface area contributed by atoms with Gasteiger partial charge in [0.25, 0.3) is 0 Å². The van der Waals surface area contributed by atoms with Crippen molar-refractivity contribution in [1.82, 2.24) is 0 Å². The van der Waals surface area contributed by atoms with Gasteiger partial charge in [0.1, 0.15) is 0 Å². The topological polar surface area (TPSA) is 43.1 Å². The Kier molecular flexibility index (Phi) is 2.64. The summed E-state index contributed by atoms with van der Waals surface area (Å²) in [6.45, 7) is 1.86. The summed E-state index contributed by atoms with van der Waals surface area (Å²) in [6, 6.07) is 9.66. The van der Waals surface area contributed by atoms with E-state index in [0.29, 0.717) is 0 Å². The van der Waals surface area contributed by atoms with Gasteiger partial charge in [-0.15, -0.1) is 0 Å². The molecule has 12 heavy (non-hydrogen) atoms. The molecule has 0 aliphatic heterocycles. The molecule has 0 radical (unpaired) electrons. The van der Waals surface area contributed by atoms with Gasteiger partial charge in [-0.25, -0.2) is 0 Å². The number of rotatable bonds is 2. The van der Waals surface area contributed by atoms with E-state index in [1.54, 1.807) is 0 Å². The molecule has 0 spiro atoms. The number of hydrogen-bond acceptors (Lipinski definition) is 1. The van der Waals surface area contributed by atoms with E-state index < -0.39 is 5.91 Å². The van der Waals surface area contributed by atoms with Crippen molar-refractivity contribution in [3.63, 3.8) is 0 Å². The molecule has 62 valence electrons. The van der Waals surface area contributed by atoms with Crippen molar-refractivity contribution in [1.29, 1.82) is 0 Å². The second-order valence-corrected chi connectivity index (χ2v) is 2.60. The largest absolute Gasteiger partial charge is 0.366 e. The van der Waals surface area contributed by atoms with Gasteiger partial charge in [0.05, 0.1) is 0 Å². The first kappa shape index (κ1) is 8.53. The number of amides is 1. The highest BCUT2D eigenvalue weighted by Gasteiger charge is 1.94. The van der Waals surface area contributed by atoms with Crippen LogP contribution in [0.4, 0.5) is 0 Å². The van der Waals surface area contributed by atoms with E-state index >= 15 is 0 Å². The van der Waals surface area contributed by atoms with Gasteiger partial charge in [-0.05, 0) is 18.1 Å². The Morgan fingerprint density at radius 1 is 1.33 bits per heavy atom. The Bertz CT molecular complexity index is 301. The molecule has 2 nitrogen and oxygen atoms in total. The highest BCUT2D eigenvalue weighted by atomic mass is 16.1. The van der Waals surface area contributed by atoms with Crippen molar-refractivity contribution in [2.75, 3.05) is 0 Å². The molecule has 0 saturated heterocycles. The van der Waals surface area contributed by atoms with Crippen LogP contribution in [0.5, 0.6) is 0 Å². The Labute approximate surface area is 71.7 Å². The number of carbonyl (C=O) groups is 1. The summed E-state index contributed by atoms with van der Waals surface area (Å²) < 4.78 is 0. The summed E-state index contributed by atoms with van der Waals surface area (Å²) in [5.41, 5.74) is 6.93.